The average Bonchev–Trinajstić information content (AvgIpc) is 1.52. The van der Waals surface area contributed by atoms with E-state index in [0.29, 0.717) is 12.3 Å². The number of pyridine rings is 1. The number of hydrogen-bond acceptors (Lipinski definition) is 13. The fraction of sp³-hybridized carbons (Fsp3) is 0.462. The first-order valence-corrected chi connectivity index (χ1v) is 29.8. The molecule has 34 heteroatoms. The lowest BCUT2D eigenvalue weighted by atomic mass is 9.93. The Hall–Kier alpha value is -7.57. The van der Waals surface area contributed by atoms with Crippen LogP contribution in [-0.2, 0) is 65.8 Å². The number of nitrogens with one attached hydrogen (secondary N) is 2. The number of aromatic nitrogens is 5. The number of ether oxygens (including phenoxy) is 1. The van der Waals surface area contributed by atoms with Crippen LogP contribution in [0.2, 0.25) is 5.02 Å². The van der Waals surface area contributed by atoms with Crippen molar-refractivity contribution in [2.75, 3.05) is 49.5 Å². The number of nitrogens with zero attached hydrogens (tertiary/aromatic N) is 9. The van der Waals surface area contributed by atoms with Gasteiger partial charge in [0.1, 0.15) is 46.5 Å². The number of hydrogen-bond donors (Lipinski definition) is 3. The van der Waals surface area contributed by atoms with Gasteiger partial charge in [-0.3, -0.25) is 29.2 Å². The van der Waals surface area contributed by atoms with Gasteiger partial charge in [0.15, 0.2) is 21.3 Å². The number of halogens is 11. The highest BCUT2D eigenvalue weighted by molar-refractivity contribution is 7.93. The van der Waals surface area contributed by atoms with Crippen LogP contribution in [-0.4, -0.2) is 148 Å². The number of anilines is 1. The minimum absolute atomic E-state index is 0.0950. The summed E-state index contributed by atoms with van der Waals surface area (Å²) >= 11 is 6.76. The predicted molar refractivity (Wildman–Crippen MR) is 288 cm³/mol. The summed E-state index contributed by atoms with van der Waals surface area (Å²) in [6.07, 6.45) is -12.8. The van der Waals surface area contributed by atoms with E-state index in [2.05, 4.69) is 37.3 Å². The molecule has 86 heavy (non-hydrogen) atoms. The fourth-order valence-corrected chi connectivity index (χ4v) is 11.2. The molecule has 3 aliphatic rings. The topological polar surface area (TPSA) is 261 Å². The van der Waals surface area contributed by atoms with Crippen LogP contribution in [0, 0.1) is 29.4 Å². The number of sulfone groups is 1. The Balaban J connectivity index is 1.26. The fourth-order valence-electron chi connectivity index (χ4n) is 9.88. The molecule has 3 aromatic heterocycles. The summed E-state index contributed by atoms with van der Waals surface area (Å²) in [6.45, 7) is 2.35. The van der Waals surface area contributed by atoms with Crippen LogP contribution in [0.3, 0.4) is 0 Å². The highest BCUT2D eigenvalue weighted by atomic mass is 35.5. The van der Waals surface area contributed by atoms with E-state index in [1.165, 1.54) is 44.4 Å². The normalized spacial score (nSPS) is 17.7. The predicted octanol–water partition coefficient (Wildman–Crippen LogP) is 7.76. The van der Waals surface area contributed by atoms with Crippen LogP contribution in [0.15, 0.2) is 47.5 Å². The third kappa shape index (κ3) is 14.1. The molecule has 1 saturated carbocycles. The number of rotatable bonds is 13. The Morgan fingerprint density at radius 2 is 1.52 bits per heavy atom. The molecule has 0 unspecified atom stereocenters. The summed E-state index contributed by atoms with van der Waals surface area (Å²) in [5.74, 6) is -7.95. The van der Waals surface area contributed by atoms with E-state index in [-0.39, 0.29) is 63.1 Å². The molecule has 8 rings (SSSR count). The van der Waals surface area contributed by atoms with Crippen molar-refractivity contribution in [1.29, 1.82) is 0 Å². The number of amides is 4. The lowest BCUT2D eigenvalue weighted by Gasteiger charge is -2.36. The molecule has 21 nitrogen and oxygen atoms in total. The molecule has 2 aromatic carbocycles. The summed E-state index contributed by atoms with van der Waals surface area (Å²) < 4.78 is 206. The Bertz CT molecular complexity index is 3900. The summed E-state index contributed by atoms with van der Waals surface area (Å²) in [5.41, 5.74) is -7.18. The van der Waals surface area contributed by atoms with Crippen molar-refractivity contribution in [3.8, 4) is 23.0 Å². The molecule has 2 fully saturated rings. The van der Waals surface area contributed by atoms with Gasteiger partial charge < -0.3 is 20.1 Å². The van der Waals surface area contributed by atoms with Crippen molar-refractivity contribution in [2.24, 2.45) is 10.9 Å². The van der Waals surface area contributed by atoms with E-state index in [4.69, 9.17) is 16.3 Å². The summed E-state index contributed by atoms with van der Waals surface area (Å²) in [5, 5.41) is 20.2. The van der Waals surface area contributed by atoms with Gasteiger partial charge in [-0.05, 0) is 95.2 Å². The van der Waals surface area contributed by atoms with Crippen molar-refractivity contribution in [3.05, 3.63) is 93.0 Å². The second-order valence-corrected chi connectivity index (χ2v) is 26.9. The molecule has 0 bridgehead atoms. The number of sulfonamides is 1. The number of carbonyl (C=O) groups is 4. The van der Waals surface area contributed by atoms with Gasteiger partial charge in [0.25, 0.3) is 11.8 Å². The molecule has 1 aliphatic heterocycles. The lowest BCUT2D eigenvalue weighted by molar-refractivity contribution is -0.143. The van der Waals surface area contributed by atoms with Crippen LogP contribution < -0.4 is 14.9 Å². The number of alkyl halides is 8. The molecule has 2 aliphatic carbocycles. The van der Waals surface area contributed by atoms with Crippen LogP contribution in [0.5, 0.6) is 0 Å². The summed E-state index contributed by atoms with van der Waals surface area (Å²) in [7, 11) is -8.87. The van der Waals surface area contributed by atoms with Crippen molar-refractivity contribution < 1.29 is 89.8 Å². The molecule has 3 atom stereocenters. The highest BCUT2D eigenvalue weighted by Gasteiger charge is 2.68. The Morgan fingerprint density at radius 3 is 2.09 bits per heavy atom. The van der Waals surface area contributed by atoms with Gasteiger partial charge in [-0.15, -0.1) is 4.99 Å². The van der Waals surface area contributed by atoms with Crippen LogP contribution >= 0.6 is 11.6 Å². The number of guanidine groups is 1. The van der Waals surface area contributed by atoms with E-state index in [1.54, 1.807) is 0 Å². The minimum atomic E-state index is -5.25. The third-order valence-electron chi connectivity index (χ3n) is 13.9. The summed E-state index contributed by atoms with van der Waals surface area (Å²) in [4.78, 5) is 63.9. The maximum atomic E-state index is 15.7. The van der Waals surface area contributed by atoms with E-state index >= 15 is 8.78 Å². The van der Waals surface area contributed by atoms with E-state index in [0.717, 1.165) is 42.7 Å². The first kappa shape index (κ1) is 64.4. The van der Waals surface area contributed by atoms with Gasteiger partial charge in [-0.25, -0.2) is 40.2 Å². The van der Waals surface area contributed by atoms with Gasteiger partial charge in [0.05, 0.1) is 40.5 Å². The highest BCUT2D eigenvalue weighted by Crippen LogP contribution is 2.68. The minimum Gasteiger partial charge on any atom is -0.465 e. The second kappa shape index (κ2) is 22.9. The number of piperazine rings is 1. The van der Waals surface area contributed by atoms with Crippen LogP contribution in [0.25, 0.3) is 22.0 Å². The van der Waals surface area contributed by atoms with Crippen LogP contribution in [0.1, 0.15) is 86.9 Å². The Kier molecular flexibility index (Phi) is 17.2. The quantitative estimate of drug-likeness (QED) is 0.0440. The number of benzene rings is 2. The molecule has 464 valence electrons. The molecule has 4 heterocycles. The molecular formula is C52H52ClF10N11O10S2. The van der Waals surface area contributed by atoms with Gasteiger partial charge >= 0.3 is 24.5 Å². The number of fused-ring (bicyclic) bond motifs is 4. The Morgan fingerprint density at radius 1 is 0.895 bits per heavy atom. The van der Waals surface area contributed by atoms with E-state index < -0.39 is 184 Å². The summed E-state index contributed by atoms with van der Waals surface area (Å²) in [6, 6.07) is 4.62. The van der Waals surface area contributed by atoms with Gasteiger partial charge in [-0.2, -0.15) is 49.6 Å². The zero-order chi connectivity index (χ0) is 63.8. The standard InChI is InChI=1S/C52H52ClF10N11O10S2/c1-48(2,3)84-47(79)67-45(66-46(77)78)71-16-14-70(15-17-71)24-37(76)74(86(7,82)83)44-39-34(53)11-10-31(41(39)73(69-44)25-50(56,57)58)30-9-8-29(12-13-49(4,5)85(6,80)81)64-40(30)35(20-26-18-27(54)21-28(55)19-26)65-36(75)23-72-43-38(42(68-72)52(61,62)63)32-22-33(32)51(43,59)60/h8-11,18-19,21,32-33,35H,14-17,20,22-25H2,1-7H3,(H,65,75)(H,77,78)(H,66,67,79)/t32-,33+,35-/m0/s1. The second-order valence-electron chi connectivity index (χ2n) is 22.0. The number of carbonyl (C=O) groups excluding carboxylic acids is 3. The molecule has 4 amide bonds. The zero-order valence-corrected chi connectivity index (χ0v) is 48.6. The SMILES string of the molecule is CC(C)(C)OC(=O)N=C(NC(=O)O)N1CCN(CC(=O)N(c2nn(CC(F)(F)F)c3c(-c4ccc(C#CC(C)(C)S(C)(=O)=O)nc4[C@H](Cc4cc(F)cc(F)c4)NC(=O)Cn4nc(C(F)(F)F)c5c4C(F)(F)[C@@H]4C[C@H]54)ccc(Cl)c23)S(C)(=O)=O)CC1. The van der Waals surface area contributed by atoms with Crippen molar-refractivity contribution >= 4 is 78.1 Å². The van der Waals surface area contributed by atoms with Gasteiger partial charge in [-0.1, -0.05) is 23.6 Å². The van der Waals surface area contributed by atoms with Crippen LogP contribution in [0.4, 0.5) is 59.3 Å². The molecule has 0 radical (unpaired) electrons. The van der Waals surface area contributed by atoms with Gasteiger partial charge in [0.2, 0.25) is 21.9 Å². The Labute approximate surface area is 488 Å². The largest absolute Gasteiger partial charge is 0.465 e. The molecule has 0 spiro atoms. The first-order chi connectivity index (χ1) is 39.5. The first-order valence-electron chi connectivity index (χ1n) is 25.7. The maximum absolute atomic E-state index is 15.7. The van der Waals surface area contributed by atoms with Crippen molar-refractivity contribution in [2.45, 2.75) is 101 Å². The molecule has 1 saturated heterocycles. The smallest absolute Gasteiger partial charge is 0.437 e. The molecular weight excluding hydrogens is 1230 g/mol. The van der Waals surface area contributed by atoms with Gasteiger partial charge in [0, 0.05) is 61.1 Å². The number of aliphatic imine (C=N–C) groups is 1. The average molecular weight is 1280 g/mol. The lowest BCUT2D eigenvalue weighted by Crippen LogP contribution is -2.55. The van der Waals surface area contributed by atoms with Crippen molar-refractivity contribution in [3.63, 3.8) is 0 Å². The van der Waals surface area contributed by atoms with E-state index in [9.17, 15) is 76.2 Å². The number of carboxylic acid groups (broad SMARTS) is 1. The van der Waals surface area contributed by atoms with E-state index in [1.807, 2.05) is 5.32 Å². The maximum Gasteiger partial charge on any atom is 0.437 e. The monoisotopic (exact) mass is 1280 g/mol. The molecule has 3 N–H and O–H groups in total. The molecule has 5 aromatic rings. The van der Waals surface area contributed by atoms with Crippen molar-refractivity contribution in [1.82, 2.24) is 45.0 Å². The third-order valence-corrected chi connectivity index (χ3v) is 17.2. The zero-order valence-electron chi connectivity index (χ0n) is 46.3.